The lowest BCUT2D eigenvalue weighted by Gasteiger charge is -2.27. The van der Waals surface area contributed by atoms with Crippen molar-refractivity contribution in [1.82, 2.24) is 4.90 Å². The molecule has 1 N–H and O–H groups in total. The molecule has 0 spiro atoms. The zero-order valence-electron chi connectivity index (χ0n) is 12.8. The number of hydrogen-bond acceptors (Lipinski definition) is 9. The van der Waals surface area contributed by atoms with E-state index < -0.39 is 30.3 Å². The number of methoxy groups -OCH3 is 1. The average Bonchev–Trinajstić information content (AvgIpc) is 2.80. The van der Waals surface area contributed by atoms with Crippen molar-refractivity contribution in [1.29, 1.82) is 0 Å². The van der Waals surface area contributed by atoms with Crippen LogP contribution in [0.4, 0.5) is 0 Å². The van der Waals surface area contributed by atoms with E-state index in [0.717, 1.165) is 11.8 Å². The monoisotopic (exact) mass is 381 g/mol. The average molecular weight is 381 g/mol. The Bertz CT molecular complexity index is 790. The number of phenols is 1. The van der Waals surface area contributed by atoms with Gasteiger partial charge in [-0.15, -0.1) is 0 Å². The Kier molecular flexibility index (Phi) is 5.65. The maximum Gasteiger partial charge on any atom is 0.266 e. The number of thioether (sulfide) groups is 1. The third kappa shape index (κ3) is 4.09. The van der Waals surface area contributed by atoms with E-state index in [1.165, 1.54) is 31.4 Å². The van der Waals surface area contributed by atoms with Gasteiger partial charge in [-0.2, -0.15) is 0 Å². The molecule has 1 saturated heterocycles. The highest BCUT2D eigenvalue weighted by Crippen LogP contribution is 2.35. The number of phenolic OH excluding ortho intramolecular Hbond substituents is 1. The van der Waals surface area contributed by atoms with Crippen LogP contribution in [0, 0.1) is 0 Å². The Balaban J connectivity index is 2.34. The lowest BCUT2D eigenvalue weighted by atomic mass is 10.1. The maximum atomic E-state index is 12.4. The molecule has 0 radical (unpaired) electrons. The molecule has 0 aromatic heterocycles. The molecule has 0 saturated carbocycles. The first-order valence-corrected chi connectivity index (χ1v) is 8.01. The maximum absolute atomic E-state index is 12.4. The lowest BCUT2D eigenvalue weighted by Crippen LogP contribution is -2.52. The molecule has 1 atom stereocenters. The number of ether oxygens (including phenoxy) is 1. The van der Waals surface area contributed by atoms with Crippen molar-refractivity contribution < 1.29 is 34.4 Å². The number of carboxylic acid groups (broad SMARTS) is 2. The minimum absolute atomic E-state index is 0.0850. The number of nitrogens with zero attached hydrogens (tertiary/aromatic N) is 1. The van der Waals surface area contributed by atoms with Gasteiger partial charge in [0.15, 0.2) is 11.5 Å². The van der Waals surface area contributed by atoms with Gasteiger partial charge < -0.3 is 29.6 Å². The van der Waals surface area contributed by atoms with Gasteiger partial charge in [0.05, 0.1) is 24.0 Å². The first-order valence-electron chi connectivity index (χ1n) is 6.79. The van der Waals surface area contributed by atoms with E-state index in [1.807, 2.05) is 0 Å². The first-order chi connectivity index (χ1) is 11.7. The molecule has 1 heterocycles. The summed E-state index contributed by atoms with van der Waals surface area (Å²) in [5, 5.41) is 31.5. The molecule has 2 rings (SSSR count). The largest absolute Gasteiger partial charge is 0.550 e. The SMILES string of the molecule is COc1cc(/C=C2\SC(=S)N([C@@H](CC(=O)[O-])C(=O)[O-])C2=O)ccc1O. The van der Waals surface area contributed by atoms with Crippen LogP contribution in [0.25, 0.3) is 6.08 Å². The first kappa shape index (κ1) is 18.7. The topological polar surface area (TPSA) is 130 Å². The number of aliphatic carboxylic acids is 2. The predicted molar refractivity (Wildman–Crippen MR) is 88.1 cm³/mol. The van der Waals surface area contributed by atoms with E-state index in [-0.39, 0.29) is 20.7 Å². The summed E-state index contributed by atoms with van der Waals surface area (Å²) in [5.74, 6) is -4.03. The van der Waals surface area contributed by atoms with Crippen molar-refractivity contribution >= 4 is 52.2 Å². The Morgan fingerprint density at radius 3 is 2.68 bits per heavy atom. The number of carbonyl (C=O) groups excluding carboxylic acids is 3. The van der Waals surface area contributed by atoms with Gasteiger partial charge >= 0.3 is 0 Å². The lowest BCUT2D eigenvalue weighted by molar-refractivity contribution is -0.319. The summed E-state index contributed by atoms with van der Waals surface area (Å²) < 4.78 is 4.87. The molecular formula is C15H11NO7S2-2. The Labute approximate surface area is 151 Å². The van der Waals surface area contributed by atoms with E-state index >= 15 is 0 Å². The zero-order chi connectivity index (χ0) is 18.7. The highest BCUT2D eigenvalue weighted by atomic mass is 32.2. The molecule has 25 heavy (non-hydrogen) atoms. The minimum Gasteiger partial charge on any atom is -0.550 e. The fourth-order valence-corrected chi connectivity index (χ4v) is 3.48. The summed E-state index contributed by atoms with van der Waals surface area (Å²) in [5.41, 5.74) is 0.500. The third-order valence-electron chi connectivity index (χ3n) is 3.27. The molecule has 0 unspecified atom stereocenters. The summed E-state index contributed by atoms with van der Waals surface area (Å²) >= 11 is 5.81. The van der Waals surface area contributed by atoms with Crippen LogP contribution in [0.1, 0.15) is 12.0 Å². The van der Waals surface area contributed by atoms with Gasteiger partial charge in [0.1, 0.15) is 4.32 Å². The van der Waals surface area contributed by atoms with Crippen LogP contribution in [0.2, 0.25) is 0 Å². The number of amides is 1. The van der Waals surface area contributed by atoms with Gasteiger partial charge in [0.25, 0.3) is 5.91 Å². The van der Waals surface area contributed by atoms with E-state index in [1.54, 1.807) is 0 Å². The van der Waals surface area contributed by atoms with Crippen LogP contribution in [0.5, 0.6) is 11.5 Å². The van der Waals surface area contributed by atoms with Crippen LogP contribution in [-0.4, -0.2) is 45.3 Å². The van der Waals surface area contributed by atoms with Crippen molar-refractivity contribution in [3.05, 3.63) is 28.7 Å². The third-order valence-corrected chi connectivity index (χ3v) is 4.60. The predicted octanol–water partition coefficient (Wildman–Crippen LogP) is -1.14. The van der Waals surface area contributed by atoms with Crippen LogP contribution in [-0.2, 0) is 14.4 Å². The van der Waals surface area contributed by atoms with Crippen LogP contribution in [0.15, 0.2) is 23.1 Å². The fraction of sp³-hybridized carbons (Fsp3) is 0.200. The molecule has 1 aromatic rings. The van der Waals surface area contributed by atoms with E-state index in [0.29, 0.717) is 10.5 Å². The van der Waals surface area contributed by atoms with Gasteiger partial charge in [0, 0.05) is 12.4 Å². The second kappa shape index (κ2) is 7.53. The summed E-state index contributed by atoms with van der Waals surface area (Å²) in [6.07, 6.45) is 0.488. The number of carboxylic acids is 2. The summed E-state index contributed by atoms with van der Waals surface area (Å²) in [6.45, 7) is 0. The van der Waals surface area contributed by atoms with Gasteiger partial charge in [-0.3, -0.25) is 9.69 Å². The summed E-state index contributed by atoms with van der Waals surface area (Å²) in [4.78, 5) is 35.1. The van der Waals surface area contributed by atoms with Gasteiger partial charge in [0.2, 0.25) is 0 Å². The standard InChI is InChI=1S/C15H13NO7S2/c1-23-10-4-7(2-3-9(10)17)5-11-13(20)16(15(24)25-11)8(14(21)22)6-12(18)19/h2-5,8,17H,6H2,1H3,(H,18,19)(H,21,22)/p-2/b11-5-/t8-/m0/s1. The Morgan fingerprint density at radius 2 is 2.12 bits per heavy atom. The molecule has 0 aliphatic carbocycles. The number of aromatic hydroxyl groups is 1. The molecule has 8 nitrogen and oxygen atoms in total. The Morgan fingerprint density at radius 1 is 1.44 bits per heavy atom. The van der Waals surface area contributed by atoms with Gasteiger partial charge in [-0.25, -0.2) is 0 Å². The quantitative estimate of drug-likeness (QED) is 0.480. The van der Waals surface area contributed by atoms with E-state index in [9.17, 15) is 29.7 Å². The van der Waals surface area contributed by atoms with Crippen molar-refractivity contribution in [2.45, 2.75) is 12.5 Å². The zero-order valence-corrected chi connectivity index (χ0v) is 14.4. The molecule has 132 valence electrons. The molecule has 1 aromatic carbocycles. The summed E-state index contributed by atoms with van der Waals surface area (Å²) in [6, 6.07) is 2.60. The smallest absolute Gasteiger partial charge is 0.266 e. The van der Waals surface area contributed by atoms with Crippen LogP contribution >= 0.6 is 24.0 Å². The van der Waals surface area contributed by atoms with E-state index in [2.05, 4.69) is 0 Å². The second-order valence-corrected chi connectivity index (χ2v) is 6.57. The van der Waals surface area contributed by atoms with E-state index in [4.69, 9.17) is 17.0 Å². The molecule has 1 fully saturated rings. The van der Waals surface area contributed by atoms with Crippen LogP contribution < -0.4 is 14.9 Å². The molecule has 1 amide bonds. The number of thiocarbonyl (C=S) groups is 1. The fourth-order valence-electron chi connectivity index (χ4n) is 2.12. The number of carbonyl (C=O) groups is 3. The molecule has 10 heteroatoms. The summed E-state index contributed by atoms with van der Waals surface area (Å²) in [7, 11) is 1.36. The normalized spacial score (nSPS) is 17.0. The minimum atomic E-state index is -1.75. The molecular weight excluding hydrogens is 370 g/mol. The molecule has 1 aliphatic heterocycles. The molecule has 0 bridgehead atoms. The highest BCUT2D eigenvalue weighted by Gasteiger charge is 2.37. The van der Waals surface area contributed by atoms with Gasteiger partial charge in [-0.1, -0.05) is 30.0 Å². The number of hydrogen-bond donors (Lipinski definition) is 1. The molecule has 1 aliphatic rings. The Hall–Kier alpha value is -2.59. The van der Waals surface area contributed by atoms with Crippen LogP contribution in [0.3, 0.4) is 0 Å². The number of rotatable bonds is 6. The van der Waals surface area contributed by atoms with Crippen molar-refractivity contribution in [3.63, 3.8) is 0 Å². The number of benzene rings is 1. The van der Waals surface area contributed by atoms with Gasteiger partial charge in [-0.05, 0) is 23.8 Å². The second-order valence-electron chi connectivity index (χ2n) is 4.89. The van der Waals surface area contributed by atoms with Crippen molar-refractivity contribution in [3.8, 4) is 11.5 Å². The van der Waals surface area contributed by atoms with Crippen molar-refractivity contribution in [2.24, 2.45) is 0 Å². The highest BCUT2D eigenvalue weighted by molar-refractivity contribution is 8.26. The van der Waals surface area contributed by atoms with Crippen molar-refractivity contribution in [2.75, 3.05) is 7.11 Å².